The van der Waals surface area contributed by atoms with Gasteiger partial charge in [0.15, 0.2) is 0 Å². The first kappa shape index (κ1) is 13.5. The highest BCUT2D eigenvalue weighted by Gasteiger charge is 2.24. The van der Waals surface area contributed by atoms with E-state index in [-0.39, 0.29) is 11.8 Å². The minimum Gasteiger partial charge on any atom is -0.367 e. The van der Waals surface area contributed by atoms with Crippen molar-refractivity contribution in [2.24, 2.45) is 0 Å². The van der Waals surface area contributed by atoms with Gasteiger partial charge in [-0.3, -0.25) is 9.59 Å². The van der Waals surface area contributed by atoms with Crippen LogP contribution in [-0.2, 0) is 11.2 Å². The second-order valence-electron chi connectivity index (χ2n) is 5.17. The van der Waals surface area contributed by atoms with Gasteiger partial charge in [-0.2, -0.15) is 0 Å². The highest BCUT2D eigenvalue weighted by atomic mass is 16.2. The number of aromatic nitrogens is 2. The lowest BCUT2D eigenvalue weighted by molar-refractivity contribution is -0.131. The van der Waals surface area contributed by atoms with Gasteiger partial charge < -0.3 is 19.8 Å². The molecule has 0 spiro atoms. The lowest BCUT2D eigenvalue weighted by Gasteiger charge is -2.34. The molecule has 21 heavy (non-hydrogen) atoms. The van der Waals surface area contributed by atoms with Crippen molar-refractivity contribution < 1.29 is 9.59 Å². The van der Waals surface area contributed by atoms with Gasteiger partial charge in [0.05, 0.1) is 12.0 Å². The van der Waals surface area contributed by atoms with Gasteiger partial charge in [-0.05, 0) is 17.7 Å². The fraction of sp³-hybridized carbons (Fsp3) is 0.333. The van der Waals surface area contributed by atoms with E-state index in [9.17, 15) is 9.59 Å². The molecule has 0 aliphatic carbocycles. The third kappa shape index (κ3) is 2.99. The Morgan fingerprint density at radius 3 is 2.24 bits per heavy atom. The normalized spacial score (nSPS) is 15.2. The maximum atomic E-state index is 12.2. The first-order valence-corrected chi connectivity index (χ1v) is 7.05. The molecule has 2 aromatic heterocycles. The Bertz CT molecular complexity index is 596. The van der Waals surface area contributed by atoms with Gasteiger partial charge in [0.2, 0.25) is 5.91 Å². The lowest BCUT2D eigenvalue weighted by Crippen LogP contribution is -2.50. The van der Waals surface area contributed by atoms with E-state index in [0.717, 1.165) is 5.56 Å². The van der Waals surface area contributed by atoms with Crippen LogP contribution in [0.4, 0.5) is 0 Å². The van der Waals surface area contributed by atoms with E-state index in [4.69, 9.17) is 0 Å². The minimum absolute atomic E-state index is 0.0222. The summed E-state index contributed by atoms with van der Waals surface area (Å²) in [5.41, 5.74) is 1.66. The zero-order chi connectivity index (χ0) is 14.7. The van der Waals surface area contributed by atoms with E-state index in [1.54, 1.807) is 23.4 Å². The third-order valence-corrected chi connectivity index (χ3v) is 3.78. The van der Waals surface area contributed by atoms with Crippen molar-refractivity contribution in [1.29, 1.82) is 0 Å². The molecule has 3 rings (SSSR count). The number of amides is 2. The quantitative estimate of drug-likeness (QED) is 0.879. The molecule has 1 fully saturated rings. The van der Waals surface area contributed by atoms with Crippen LogP contribution in [0.2, 0.25) is 0 Å². The van der Waals surface area contributed by atoms with E-state index < -0.39 is 0 Å². The molecule has 3 heterocycles. The predicted octanol–water partition coefficient (Wildman–Crippen LogP) is 0.870. The fourth-order valence-corrected chi connectivity index (χ4v) is 2.55. The maximum absolute atomic E-state index is 12.2. The summed E-state index contributed by atoms with van der Waals surface area (Å²) in [6, 6.07) is 3.68. The van der Waals surface area contributed by atoms with Gasteiger partial charge in [-0.15, -0.1) is 0 Å². The second-order valence-corrected chi connectivity index (χ2v) is 5.17. The molecule has 2 N–H and O–H groups in total. The van der Waals surface area contributed by atoms with Crippen LogP contribution in [0.1, 0.15) is 15.9 Å². The van der Waals surface area contributed by atoms with Crippen molar-refractivity contribution in [3.8, 4) is 0 Å². The summed E-state index contributed by atoms with van der Waals surface area (Å²) < 4.78 is 0. The fourth-order valence-electron chi connectivity index (χ4n) is 2.55. The number of carbonyl (C=O) groups excluding carboxylic acids is 2. The Hall–Kier alpha value is -2.50. The average molecular weight is 286 g/mol. The Labute approximate surface area is 122 Å². The molecule has 6 heteroatoms. The van der Waals surface area contributed by atoms with Crippen LogP contribution in [0, 0.1) is 0 Å². The molecule has 0 radical (unpaired) electrons. The van der Waals surface area contributed by atoms with Crippen molar-refractivity contribution in [3.05, 3.63) is 48.0 Å². The summed E-state index contributed by atoms with van der Waals surface area (Å²) in [6.07, 6.45) is 7.50. The standard InChI is InChI=1S/C15H18N4O2/c20-14(9-12-1-3-16-10-12)18-5-7-19(8-6-18)15(21)13-2-4-17-11-13/h1-4,10-11,16-17H,5-9H2. The molecule has 0 atom stereocenters. The monoisotopic (exact) mass is 286 g/mol. The summed E-state index contributed by atoms with van der Waals surface area (Å²) in [4.78, 5) is 33.8. The van der Waals surface area contributed by atoms with Crippen LogP contribution in [0.5, 0.6) is 0 Å². The number of hydrogen-bond acceptors (Lipinski definition) is 2. The van der Waals surface area contributed by atoms with Crippen LogP contribution in [-0.4, -0.2) is 57.8 Å². The Kier molecular flexibility index (Phi) is 3.77. The Balaban J connectivity index is 1.53. The van der Waals surface area contributed by atoms with Crippen molar-refractivity contribution in [2.75, 3.05) is 26.2 Å². The molecule has 110 valence electrons. The molecule has 2 aromatic rings. The predicted molar refractivity (Wildman–Crippen MR) is 77.8 cm³/mol. The number of nitrogens with one attached hydrogen (secondary N) is 2. The number of hydrogen-bond donors (Lipinski definition) is 2. The van der Waals surface area contributed by atoms with Crippen molar-refractivity contribution in [2.45, 2.75) is 6.42 Å². The van der Waals surface area contributed by atoms with E-state index in [0.29, 0.717) is 38.2 Å². The summed E-state index contributed by atoms with van der Waals surface area (Å²) >= 11 is 0. The topological polar surface area (TPSA) is 72.2 Å². The molecule has 0 saturated carbocycles. The summed E-state index contributed by atoms with van der Waals surface area (Å²) in [7, 11) is 0. The molecule has 1 aliphatic rings. The zero-order valence-corrected chi connectivity index (χ0v) is 11.7. The highest BCUT2D eigenvalue weighted by Crippen LogP contribution is 2.10. The number of carbonyl (C=O) groups is 2. The average Bonchev–Trinajstić information content (AvgIpc) is 3.20. The molecular formula is C15H18N4O2. The molecule has 1 aliphatic heterocycles. The van der Waals surface area contributed by atoms with Gasteiger partial charge >= 0.3 is 0 Å². The second kappa shape index (κ2) is 5.87. The molecule has 0 aromatic carbocycles. The highest BCUT2D eigenvalue weighted by molar-refractivity contribution is 5.94. The van der Waals surface area contributed by atoms with E-state index in [1.165, 1.54) is 0 Å². The number of aromatic amines is 2. The Morgan fingerprint density at radius 2 is 1.62 bits per heavy atom. The van der Waals surface area contributed by atoms with Crippen molar-refractivity contribution >= 4 is 11.8 Å². The molecule has 2 amide bonds. The van der Waals surface area contributed by atoms with Crippen LogP contribution in [0.15, 0.2) is 36.9 Å². The van der Waals surface area contributed by atoms with Gasteiger partial charge in [-0.1, -0.05) is 0 Å². The molecule has 0 bridgehead atoms. The molecular weight excluding hydrogens is 268 g/mol. The van der Waals surface area contributed by atoms with Crippen LogP contribution < -0.4 is 0 Å². The molecule has 0 unspecified atom stereocenters. The van der Waals surface area contributed by atoms with Gasteiger partial charge in [0.1, 0.15) is 0 Å². The maximum Gasteiger partial charge on any atom is 0.255 e. The number of nitrogens with zero attached hydrogens (tertiary/aromatic N) is 2. The molecule has 6 nitrogen and oxygen atoms in total. The largest absolute Gasteiger partial charge is 0.367 e. The van der Waals surface area contributed by atoms with Gasteiger partial charge in [-0.25, -0.2) is 0 Å². The van der Waals surface area contributed by atoms with Crippen LogP contribution >= 0.6 is 0 Å². The van der Waals surface area contributed by atoms with Crippen LogP contribution in [0.3, 0.4) is 0 Å². The SMILES string of the molecule is O=C(Cc1cc[nH]c1)N1CCN(C(=O)c2cc[nH]c2)CC1. The first-order valence-electron chi connectivity index (χ1n) is 7.05. The summed E-state index contributed by atoms with van der Waals surface area (Å²) in [5.74, 6) is 0.136. The van der Waals surface area contributed by atoms with E-state index in [2.05, 4.69) is 9.97 Å². The summed E-state index contributed by atoms with van der Waals surface area (Å²) in [5, 5.41) is 0. The van der Waals surface area contributed by atoms with E-state index in [1.807, 2.05) is 23.4 Å². The summed E-state index contributed by atoms with van der Waals surface area (Å²) in [6.45, 7) is 2.37. The smallest absolute Gasteiger partial charge is 0.255 e. The molecule has 1 saturated heterocycles. The van der Waals surface area contributed by atoms with Crippen molar-refractivity contribution in [3.63, 3.8) is 0 Å². The van der Waals surface area contributed by atoms with E-state index >= 15 is 0 Å². The third-order valence-electron chi connectivity index (χ3n) is 3.78. The lowest BCUT2D eigenvalue weighted by atomic mass is 10.2. The number of rotatable bonds is 3. The minimum atomic E-state index is 0.0222. The van der Waals surface area contributed by atoms with Gasteiger partial charge in [0, 0.05) is 51.0 Å². The Morgan fingerprint density at radius 1 is 0.952 bits per heavy atom. The first-order chi connectivity index (χ1) is 10.2. The number of H-pyrrole nitrogens is 2. The zero-order valence-electron chi connectivity index (χ0n) is 11.7. The van der Waals surface area contributed by atoms with Crippen molar-refractivity contribution in [1.82, 2.24) is 19.8 Å². The number of piperazine rings is 1. The van der Waals surface area contributed by atoms with Gasteiger partial charge in [0.25, 0.3) is 5.91 Å². The van der Waals surface area contributed by atoms with Crippen LogP contribution in [0.25, 0.3) is 0 Å².